The van der Waals surface area contributed by atoms with E-state index in [0.717, 1.165) is 34.9 Å². The first kappa shape index (κ1) is 14.6. The maximum Gasteiger partial charge on any atom is 0.153 e. The summed E-state index contributed by atoms with van der Waals surface area (Å²) in [5.74, 6) is 1.39. The molecule has 2 rings (SSSR count). The van der Waals surface area contributed by atoms with Gasteiger partial charge in [-0.05, 0) is 56.2 Å². The van der Waals surface area contributed by atoms with Crippen LogP contribution in [0.15, 0.2) is 16.6 Å². The van der Waals surface area contributed by atoms with Gasteiger partial charge in [-0.2, -0.15) is 0 Å². The van der Waals surface area contributed by atoms with Crippen molar-refractivity contribution >= 4 is 22.2 Å². The summed E-state index contributed by atoms with van der Waals surface area (Å²) < 4.78 is 7.14. The van der Waals surface area contributed by atoms with Crippen LogP contribution in [-0.2, 0) is 0 Å². The number of aryl methyl sites for hydroxylation is 1. The van der Waals surface area contributed by atoms with Crippen LogP contribution in [-0.4, -0.2) is 12.4 Å². The number of aldehydes is 1. The molecule has 1 aromatic carbocycles. The molecule has 2 unspecified atom stereocenters. The van der Waals surface area contributed by atoms with E-state index < -0.39 is 0 Å². The van der Waals surface area contributed by atoms with Crippen molar-refractivity contribution in [1.29, 1.82) is 0 Å². The zero-order valence-electron chi connectivity index (χ0n) is 11.6. The fourth-order valence-electron chi connectivity index (χ4n) is 2.95. The van der Waals surface area contributed by atoms with E-state index in [1.807, 2.05) is 19.1 Å². The molecule has 0 aromatic heterocycles. The van der Waals surface area contributed by atoms with Gasteiger partial charge < -0.3 is 4.74 Å². The van der Waals surface area contributed by atoms with Crippen LogP contribution in [0.3, 0.4) is 0 Å². The number of rotatable bonds is 4. The summed E-state index contributed by atoms with van der Waals surface area (Å²) >= 11 is 3.42. The van der Waals surface area contributed by atoms with Gasteiger partial charge in [-0.15, -0.1) is 0 Å². The molecule has 0 spiro atoms. The third kappa shape index (κ3) is 3.38. The summed E-state index contributed by atoms with van der Waals surface area (Å²) in [5.41, 5.74) is 1.67. The van der Waals surface area contributed by atoms with Crippen LogP contribution in [0, 0.1) is 12.8 Å². The third-order valence-corrected chi connectivity index (χ3v) is 4.49. The molecule has 0 N–H and O–H groups in total. The van der Waals surface area contributed by atoms with Crippen molar-refractivity contribution in [2.45, 2.75) is 52.1 Å². The minimum atomic E-state index is 0.261. The predicted octanol–water partition coefficient (Wildman–Crippen LogP) is 4.92. The average molecular weight is 325 g/mol. The molecule has 2 nitrogen and oxygen atoms in total. The van der Waals surface area contributed by atoms with Crippen molar-refractivity contribution in [2.75, 3.05) is 0 Å². The Balaban J connectivity index is 2.24. The fourth-order valence-corrected chi connectivity index (χ4v) is 3.54. The molecular weight excluding hydrogens is 304 g/mol. The van der Waals surface area contributed by atoms with Crippen LogP contribution < -0.4 is 4.74 Å². The highest BCUT2D eigenvalue weighted by atomic mass is 79.9. The minimum absolute atomic E-state index is 0.261. The van der Waals surface area contributed by atoms with E-state index in [-0.39, 0.29) is 6.10 Å². The molecule has 1 saturated carbocycles. The molecule has 0 heterocycles. The number of carbonyl (C=O) groups is 1. The number of benzene rings is 1. The summed E-state index contributed by atoms with van der Waals surface area (Å²) in [6.07, 6.45) is 7.18. The van der Waals surface area contributed by atoms with Gasteiger partial charge >= 0.3 is 0 Å². The molecule has 0 amide bonds. The average Bonchev–Trinajstić information content (AvgIpc) is 2.42. The van der Waals surface area contributed by atoms with Gasteiger partial charge in [0, 0.05) is 4.47 Å². The van der Waals surface area contributed by atoms with E-state index in [1.54, 1.807) is 0 Å². The quantitative estimate of drug-likeness (QED) is 0.735. The van der Waals surface area contributed by atoms with Gasteiger partial charge in [0.05, 0.1) is 5.56 Å². The first-order valence-electron chi connectivity index (χ1n) is 7.07. The summed E-state index contributed by atoms with van der Waals surface area (Å²) in [7, 11) is 0. The molecule has 1 aromatic rings. The fraction of sp³-hybridized carbons (Fsp3) is 0.562. The Morgan fingerprint density at radius 1 is 1.37 bits per heavy atom. The van der Waals surface area contributed by atoms with Crippen LogP contribution in [0.2, 0.25) is 0 Å². The molecular formula is C16H21BrO2. The van der Waals surface area contributed by atoms with E-state index in [0.29, 0.717) is 11.5 Å². The van der Waals surface area contributed by atoms with Crippen LogP contribution >= 0.6 is 15.9 Å². The van der Waals surface area contributed by atoms with Crippen LogP contribution in [0.25, 0.3) is 0 Å². The second-order valence-corrected chi connectivity index (χ2v) is 6.28. The van der Waals surface area contributed by atoms with Crippen LogP contribution in [0.1, 0.15) is 54.9 Å². The summed E-state index contributed by atoms with van der Waals surface area (Å²) in [6.45, 7) is 4.22. The van der Waals surface area contributed by atoms with Gasteiger partial charge in [0.2, 0.25) is 0 Å². The molecule has 0 radical (unpaired) electrons. The van der Waals surface area contributed by atoms with Gasteiger partial charge in [0.25, 0.3) is 0 Å². The minimum Gasteiger partial charge on any atom is -0.489 e. The second-order valence-electron chi connectivity index (χ2n) is 5.37. The Bertz CT molecular complexity index is 456. The van der Waals surface area contributed by atoms with E-state index in [9.17, 15) is 4.79 Å². The predicted molar refractivity (Wildman–Crippen MR) is 80.9 cm³/mol. The molecule has 0 bridgehead atoms. The van der Waals surface area contributed by atoms with Gasteiger partial charge in [-0.3, -0.25) is 4.79 Å². The monoisotopic (exact) mass is 324 g/mol. The lowest BCUT2D eigenvalue weighted by molar-refractivity contribution is 0.0877. The molecule has 3 heteroatoms. The summed E-state index contributed by atoms with van der Waals surface area (Å²) in [6, 6.07) is 3.84. The molecule has 0 saturated heterocycles. The molecule has 1 aliphatic carbocycles. The Morgan fingerprint density at radius 3 is 2.79 bits per heavy atom. The van der Waals surface area contributed by atoms with Crippen molar-refractivity contribution in [2.24, 2.45) is 5.92 Å². The number of ether oxygens (including phenoxy) is 1. The summed E-state index contributed by atoms with van der Waals surface area (Å²) in [4.78, 5) is 11.2. The van der Waals surface area contributed by atoms with Gasteiger partial charge in [0.1, 0.15) is 11.9 Å². The molecule has 104 valence electrons. The van der Waals surface area contributed by atoms with E-state index in [1.165, 1.54) is 19.3 Å². The first-order valence-corrected chi connectivity index (χ1v) is 7.87. The van der Waals surface area contributed by atoms with Crippen molar-refractivity contribution in [3.63, 3.8) is 0 Å². The Hall–Kier alpha value is -0.830. The molecule has 2 atom stereocenters. The largest absolute Gasteiger partial charge is 0.489 e. The number of hydrogen-bond acceptors (Lipinski definition) is 2. The number of hydrogen-bond donors (Lipinski definition) is 0. The highest BCUT2D eigenvalue weighted by molar-refractivity contribution is 9.10. The smallest absolute Gasteiger partial charge is 0.153 e. The standard InChI is InChI=1S/C16H21BrO2/c1-3-12-6-4-5-7-15(12)19-16-11(2)8-14(17)9-13(16)10-18/h8-10,12,15H,3-7H2,1-2H3. The third-order valence-electron chi connectivity index (χ3n) is 4.03. The van der Waals surface area contributed by atoms with Crippen molar-refractivity contribution in [1.82, 2.24) is 0 Å². The maximum absolute atomic E-state index is 11.2. The lowest BCUT2D eigenvalue weighted by Gasteiger charge is -2.32. The maximum atomic E-state index is 11.2. The van der Waals surface area contributed by atoms with E-state index in [2.05, 4.69) is 22.9 Å². The Morgan fingerprint density at radius 2 is 2.11 bits per heavy atom. The molecule has 0 aliphatic heterocycles. The van der Waals surface area contributed by atoms with Gasteiger partial charge in [-0.25, -0.2) is 0 Å². The Kier molecular flexibility index (Phi) is 5.03. The second kappa shape index (κ2) is 6.56. The van der Waals surface area contributed by atoms with Crippen LogP contribution in [0.4, 0.5) is 0 Å². The molecule has 19 heavy (non-hydrogen) atoms. The SMILES string of the molecule is CCC1CCCCC1Oc1c(C)cc(Br)cc1C=O. The first-order chi connectivity index (χ1) is 9.15. The van der Waals surface area contributed by atoms with E-state index >= 15 is 0 Å². The number of carbonyl (C=O) groups excluding carboxylic acids is 1. The van der Waals surface area contributed by atoms with Crippen LogP contribution in [0.5, 0.6) is 5.75 Å². The zero-order valence-corrected chi connectivity index (χ0v) is 13.2. The highest BCUT2D eigenvalue weighted by Crippen LogP contribution is 2.34. The van der Waals surface area contributed by atoms with Crippen molar-refractivity contribution < 1.29 is 9.53 Å². The van der Waals surface area contributed by atoms with Crippen molar-refractivity contribution in [3.8, 4) is 5.75 Å². The van der Waals surface area contributed by atoms with Crippen molar-refractivity contribution in [3.05, 3.63) is 27.7 Å². The zero-order chi connectivity index (χ0) is 13.8. The highest BCUT2D eigenvalue weighted by Gasteiger charge is 2.26. The lowest BCUT2D eigenvalue weighted by atomic mass is 9.84. The molecule has 1 aliphatic rings. The Labute approximate surface area is 123 Å². The van der Waals surface area contributed by atoms with Gasteiger partial charge in [0.15, 0.2) is 6.29 Å². The summed E-state index contributed by atoms with van der Waals surface area (Å²) in [5, 5.41) is 0. The normalized spacial score (nSPS) is 23.1. The van der Waals surface area contributed by atoms with Gasteiger partial charge in [-0.1, -0.05) is 29.3 Å². The number of halogens is 1. The van der Waals surface area contributed by atoms with E-state index in [4.69, 9.17) is 4.74 Å². The molecule has 1 fully saturated rings. The lowest BCUT2D eigenvalue weighted by Crippen LogP contribution is -2.30. The topological polar surface area (TPSA) is 26.3 Å².